The zero-order valence-corrected chi connectivity index (χ0v) is 19.8. The molecule has 1 fully saturated rings. The number of likely N-dealkylation sites (tertiary alicyclic amines) is 1. The van der Waals surface area contributed by atoms with Crippen molar-refractivity contribution in [3.63, 3.8) is 0 Å². The standard InChI is InChI=1S/C26H25N3O5S/c30-23(29-14-12-18(13-15-29)24(31)27-19-7-2-1-3-8-19)17-34-26(33)20-9-4-5-10-21(20)28-25(32)22-11-6-16-35-22/h1-11,16,18H,12-15,17H2,(H,27,31)(H,28,32). The second-order valence-electron chi connectivity index (χ2n) is 8.06. The molecule has 4 rings (SSSR count). The van der Waals surface area contributed by atoms with Gasteiger partial charge in [0.05, 0.1) is 16.1 Å². The zero-order valence-electron chi connectivity index (χ0n) is 18.9. The molecule has 1 aromatic heterocycles. The maximum absolute atomic E-state index is 12.6. The Hall–Kier alpha value is -3.98. The highest BCUT2D eigenvalue weighted by atomic mass is 32.1. The van der Waals surface area contributed by atoms with Crippen molar-refractivity contribution in [1.82, 2.24) is 4.90 Å². The maximum Gasteiger partial charge on any atom is 0.340 e. The Balaban J connectivity index is 1.26. The van der Waals surface area contributed by atoms with Crippen molar-refractivity contribution in [2.24, 2.45) is 5.92 Å². The molecule has 1 aliphatic heterocycles. The fourth-order valence-corrected chi connectivity index (χ4v) is 4.43. The molecule has 0 aliphatic carbocycles. The Morgan fingerprint density at radius 1 is 0.886 bits per heavy atom. The summed E-state index contributed by atoms with van der Waals surface area (Å²) in [7, 11) is 0. The molecule has 2 N–H and O–H groups in total. The molecule has 0 saturated carbocycles. The third-order valence-corrected chi connectivity index (χ3v) is 6.60. The molecular formula is C26H25N3O5S. The van der Waals surface area contributed by atoms with Crippen LogP contribution in [-0.2, 0) is 14.3 Å². The summed E-state index contributed by atoms with van der Waals surface area (Å²) >= 11 is 1.29. The molecule has 3 aromatic rings. The van der Waals surface area contributed by atoms with Crippen LogP contribution in [0.2, 0.25) is 0 Å². The van der Waals surface area contributed by atoms with Crippen LogP contribution in [0.3, 0.4) is 0 Å². The minimum Gasteiger partial charge on any atom is -0.452 e. The first-order valence-corrected chi connectivity index (χ1v) is 12.1. The Morgan fingerprint density at radius 3 is 2.31 bits per heavy atom. The van der Waals surface area contributed by atoms with E-state index in [4.69, 9.17) is 4.74 Å². The average Bonchev–Trinajstić information content (AvgIpc) is 3.43. The van der Waals surface area contributed by atoms with Crippen molar-refractivity contribution in [1.29, 1.82) is 0 Å². The van der Waals surface area contributed by atoms with Crippen molar-refractivity contribution >= 4 is 46.4 Å². The van der Waals surface area contributed by atoms with E-state index >= 15 is 0 Å². The number of rotatable bonds is 7. The Morgan fingerprint density at radius 2 is 1.60 bits per heavy atom. The minimum atomic E-state index is -0.697. The SMILES string of the molecule is O=C(Nc1ccccc1C(=O)OCC(=O)N1CCC(C(=O)Nc2ccccc2)CC1)c1cccs1. The number of para-hydroxylation sites is 2. The van der Waals surface area contributed by atoms with E-state index in [1.807, 2.05) is 30.3 Å². The second-order valence-corrected chi connectivity index (χ2v) is 9.01. The number of nitrogens with one attached hydrogen (secondary N) is 2. The molecule has 2 heterocycles. The lowest BCUT2D eigenvalue weighted by Crippen LogP contribution is -2.43. The molecule has 9 heteroatoms. The molecule has 0 atom stereocenters. The quantitative estimate of drug-likeness (QED) is 0.486. The lowest BCUT2D eigenvalue weighted by atomic mass is 9.95. The van der Waals surface area contributed by atoms with Crippen LogP contribution < -0.4 is 10.6 Å². The van der Waals surface area contributed by atoms with Crippen LogP contribution in [0.15, 0.2) is 72.1 Å². The number of amides is 3. The van der Waals surface area contributed by atoms with Crippen LogP contribution in [0.25, 0.3) is 0 Å². The fourth-order valence-electron chi connectivity index (χ4n) is 3.81. The van der Waals surface area contributed by atoms with Gasteiger partial charge in [-0.15, -0.1) is 11.3 Å². The number of esters is 1. The maximum atomic E-state index is 12.6. The van der Waals surface area contributed by atoms with E-state index in [0.29, 0.717) is 36.5 Å². The first-order valence-electron chi connectivity index (χ1n) is 11.3. The van der Waals surface area contributed by atoms with E-state index in [2.05, 4.69) is 10.6 Å². The molecular weight excluding hydrogens is 466 g/mol. The van der Waals surface area contributed by atoms with Crippen LogP contribution in [0.5, 0.6) is 0 Å². The Labute approximate surface area is 206 Å². The lowest BCUT2D eigenvalue weighted by molar-refractivity contribution is -0.137. The minimum absolute atomic E-state index is 0.0593. The number of carbonyl (C=O) groups is 4. The van der Waals surface area contributed by atoms with Crippen LogP contribution in [-0.4, -0.2) is 48.3 Å². The van der Waals surface area contributed by atoms with Gasteiger partial charge < -0.3 is 20.3 Å². The van der Waals surface area contributed by atoms with Gasteiger partial charge in [0.25, 0.3) is 11.8 Å². The van der Waals surface area contributed by atoms with Crippen molar-refractivity contribution < 1.29 is 23.9 Å². The number of ether oxygens (including phenoxy) is 1. The van der Waals surface area contributed by atoms with Gasteiger partial charge in [0.2, 0.25) is 5.91 Å². The smallest absolute Gasteiger partial charge is 0.340 e. The van der Waals surface area contributed by atoms with Gasteiger partial charge in [0, 0.05) is 24.7 Å². The topological polar surface area (TPSA) is 105 Å². The lowest BCUT2D eigenvalue weighted by Gasteiger charge is -2.31. The molecule has 0 spiro atoms. The molecule has 0 radical (unpaired) electrons. The van der Waals surface area contributed by atoms with Gasteiger partial charge in [-0.1, -0.05) is 36.4 Å². The number of hydrogen-bond donors (Lipinski definition) is 2. The molecule has 8 nitrogen and oxygen atoms in total. The molecule has 35 heavy (non-hydrogen) atoms. The molecule has 3 amide bonds. The summed E-state index contributed by atoms with van der Waals surface area (Å²) in [6, 6.07) is 19.2. The highest BCUT2D eigenvalue weighted by Crippen LogP contribution is 2.21. The summed E-state index contributed by atoms with van der Waals surface area (Å²) in [5, 5.41) is 7.41. The van der Waals surface area contributed by atoms with Gasteiger partial charge in [-0.3, -0.25) is 14.4 Å². The highest BCUT2D eigenvalue weighted by Gasteiger charge is 2.28. The number of hydrogen-bond acceptors (Lipinski definition) is 6. The van der Waals surface area contributed by atoms with E-state index in [1.54, 1.807) is 40.6 Å². The van der Waals surface area contributed by atoms with E-state index in [0.717, 1.165) is 5.69 Å². The van der Waals surface area contributed by atoms with Crippen LogP contribution in [0.4, 0.5) is 11.4 Å². The number of anilines is 2. The zero-order chi connectivity index (χ0) is 24.6. The van der Waals surface area contributed by atoms with Gasteiger partial charge >= 0.3 is 5.97 Å². The first kappa shape index (κ1) is 24.2. The van der Waals surface area contributed by atoms with Gasteiger partial charge in [-0.25, -0.2) is 4.79 Å². The summed E-state index contributed by atoms with van der Waals surface area (Å²) in [4.78, 5) is 52.2. The van der Waals surface area contributed by atoms with Crippen molar-refractivity contribution in [3.05, 3.63) is 82.6 Å². The summed E-state index contributed by atoms with van der Waals surface area (Å²) in [5.41, 5.74) is 1.23. The summed E-state index contributed by atoms with van der Waals surface area (Å²) in [5.74, 6) is -1.58. The predicted molar refractivity (Wildman–Crippen MR) is 133 cm³/mol. The van der Waals surface area contributed by atoms with Gasteiger partial charge in [-0.05, 0) is 48.6 Å². The Bertz CT molecular complexity index is 1190. The van der Waals surface area contributed by atoms with Crippen LogP contribution in [0.1, 0.15) is 32.9 Å². The first-order chi connectivity index (χ1) is 17.0. The summed E-state index contributed by atoms with van der Waals surface area (Å²) in [6.07, 6.45) is 1.08. The fraction of sp³-hybridized carbons (Fsp3) is 0.231. The normalized spacial score (nSPS) is 13.7. The number of piperidine rings is 1. The van der Waals surface area contributed by atoms with E-state index in [-0.39, 0.29) is 29.2 Å². The molecule has 0 bridgehead atoms. The molecule has 0 unspecified atom stereocenters. The molecule has 1 aliphatic rings. The third-order valence-electron chi connectivity index (χ3n) is 5.73. The predicted octanol–water partition coefficient (Wildman–Crippen LogP) is 4.03. The summed E-state index contributed by atoms with van der Waals surface area (Å²) in [6.45, 7) is 0.417. The molecule has 2 aromatic carbocycles. The monoisotopic (exact) mass is 491 g/mol. The van der Waals surface area contributed by atoms with Gasteiger partial charge in [0.1, 0.15) is 0 Å². The number of benzene rings is 2. The number of thiophene rings is 1. The molecule has 180 valence electrons. The van der Waals surface area contributed by atoms with Crippen molar-refractivity contribution in [3.8, 4) is 0 Å². The van der Waals surface area contributed by atoms with E-state index in [1.165, 1.54) is 17.4 Å². The van der Waals surface area contributed by atoms with Gasteiger partial charge in [0.15, 0.2) is 6.61 Å². The third kappa shape index (κ3) is 6.33. The summed E-state index contributed by atoms with van der Waals surface area (Å²) < 4.78 is 5.25. The van der Waals surface area contributed by atoms with Crippen molar-refractivity contribution in [2.45, 2.75) is 12.8 Å². The average molecular weight is 492 g/mol. The Kier molecular flexibility index (Phi) is 7.89. The van der Waals surface area contributed by atoms with E-state index in [9.17, 15) is 19.2 Å². The highest BCUT2D eigenvalue weighted by molar-refractivity contribution is 7.12. The number of carbonyl (C=O) groups excluding carboxylic acids is 4. The van der Waals surface area contributed by atoms with Crippen molar-refractivity contribution in [2.75, 3.05) is 30.3 Å². The molecule has 1 saturated heterocycles. The largest absolute Gasteiger partial charge is 0.452 e. The number of nitrogens with zero attached hydrogens (tertiary/aromatic N) is 1. The van der Waals surface area contributed by atoms with Crippen LogP contribution >= 0.6 is 11.3 Å². The van der Waals surface area contributed by atoms with Gasteiger partial charge in [-0.2, -0.15) is 0 Å². The van der Waals surface area contributed by atoms with E-state index < -0.39 is 12.6 Å². The second kappa shape index (κ2) is 11.4. The van der Waals surface area contributed by atoms with Crippen LogP contribution in [0, 0.1) is 5.92 Å².